The van der Waals surface area contributed by atoms with Gasteiger partial charge in [0.05, 0.1) is 11.6 Å². The minimum Gasteiger partial charge on any atom is -0.494 e. The van der Waals surface area contributed by atoms with Crippen LogP contribution in [0.2, 0.25) is 0 Å². The van der Waals surface area contributed by atoms with Crippen molar-refractivity contribution >= 4 is 22.2 Å². The summed E-state index contributed by atoms with van der Waals surface area (Å²) in [6, 6.07) is 28.3. The average Bonchev–Trinajstić information content (AvgIpc) is 2.65. The van der Waals surface area contributed by atoms with Gasteiger partial charge in [-0.2, -0.15) is 0 Å². The van der Waals surface area contributed by atoms with E-state index < -0.39 is 0 Å². The minimum atomic E-state index is 0.658. The summed E-state index contributed by atoms with van der Waals surface area (Å²) in [5.41, 5.74) is 4.19. The van der Waals surface area contributed by atoms with Gasteiger partial charge in [0.25, 0.3) is 0 Å². The highest BCUT2D eigenvalue weighted by molar-refractivity contribution is 6.53. The van der Waals surface area contributed by atoms with Gasteiger partial charge in [-0.05, 0) is 35.7 Å². The van der Waals surface area contributed by atoms with E-state index in [4.69, 9.17) is 16.3 Å². The first-order valence-electron chi connectivity index (χ1n) is 8.03. The fourth-order valence-corrected chi connectivity index (χ4v) is 2.98. The molecule has 0 heterocycles. The van der Waals surface area contributed by atoms with Crippen molar-refractivity contribution in [3.8, 4) is 5.75 Å². The first-order valence-corrected chi connectivity index (χ1v) is 8.41. The van der Waals surface area contributed by atoms with Gasteiger partial charge in [0, 0.05) is 5.57 Å². The van der Waals surface area contributed by atoms with Crippen LogP contribution in [0.3, 0.4) is 0 Å². The molecule has 0 aliphatic carbocycles. The Kier molecular flexibility index (Phi) is 5.35. The maximum absolute atomic E-state index is 6.79. The Hall–Kier alpha value is -2.51. The predicted octanol–water partition coefficient (Wildman–Crippen LogP) is 6.24. The summed E-state index contributed by atoms with van der Waals surface area (Å²) < 4.78 is 5.54. The second kappa shape index (κ2) is 7.85. The second-order valence-corrected chi connectivity index (χ2v) is 5.76. The highest BCUT2D eigenvalue weighted by atomic mass is 35.5. The fraction of sp³-hybridized carbons (Fsp3) is 0.0909. The highest BCUT2D eigenvalue weighted by Gasteiger charge is 2.12. The summed E-state index contributed by atoms with van der Waals surface area (Å²) in [4.78, 5) is 0. The summed E-state index contributed by atoms with van der Waals surface area (Å²) in [5, 5.41) is 0.742. The second-order valence-electron chi connectivity index (χ2n) is 5.38. The summed E-state index contributed by atoms with van der Waals surface area (Å²) in [6.07, 6.45) is 0. The van der Waals surface area contributed by atoms with Gasteiger partial charge in [-0.15, -0.1) is 0 Å². The molecule has 0 N–H and O–H groups in total. The lowest BCUT2D eigenvalue weighted by Crippen LogP contribution is -1.94. The lowest BCUT2D eigenvalue weighted by atomic mass is 9.95. The Labute approximate surface area is 148 Å². The first kappa shape index (κ1) is 16.4. The van der Waals surface area contributed by atoms with Crippen molar-refractivity contribution in [1.82, 2.24) is 0 Å². The smallest absolute Gasteiger partial charge is 0.119 e. The Bertz CT molecular complexity index is 806. The third-order valence-electron chi connectivity index (χ3n) is 3.76. The molecule has 0 spiro atoms. The Morgan fingerprint density at radius 3 is 1.75 bits per heavy atom. The zero-order chi connectivity index (χ0) is 16.8. The van der Waals surface area contributed by atoms with Crippen LogP contribution >= 0.6 is 11.6 Å². The quantitative estimate of drug-likeness (QED) is 0.502. The molecule has 3 aromatic carbocycles. The van der Waals surface area contributed by atoms with E-state index in [2.05, 4.69) is 24.3 Å². The van der Waals surface area contributed by atoms with E-state index in [-0.39, 0.29) is 0 Å². The molecule has 3 aromatic rings. The van der Waals surface area contributed by atoms with Crippen LogP contribution < -0.4 is 4.74 Å². The molecular weight excluding hydrogens is 316 g/mol. The number of halogens is 1. The largest absolute Gasteiger partial charge is 0.494 e. The Morgan fingerprint density at radius 2 is 1.21 bits per heavy atom. The van der Waals surface area contributed by atoms with Crippen molar-refractivity contribution in [2.45, 2.75) is 6.92 Å². The predicted molar refractivity (Wildman–Crippen MR) is 102 cm³/mol. The van der Waals surface area contributed by atoms with Crippen molar-refractivity contribution in [1.29, 1.82) is 0 Å². The van der Waals surface area contributed by atoms with Crippen LogP contribution in [0.4, 0.5) is 0 Å². The zero-order valence-electron chi connectivity index (χ0n) is 13.6. The molecule has 0 radical (unpaired) electrons. The van der Waals surface area contributed by atoms with E-state index in [1.54, 1.807) is 0 Å². The van der Waals surface area contributed by atoms with Crippen molar-refractivity contribution in [3.05, 3.63) is 102 Å². The van der Waals surface area contributed by atoms with Gasteiger partial charge in [-0.3, -0.25) is 0 Å². The third kappa shape index (κ3) is 3.69. The van der Waals surface area contributed by atoms with Gasteiger partial charge >= 0.3 is 0 Å². The molecule has 0 aliphatic rings. The molecule has 2 heteroatoms. The third-order valence-corrected chi connectivity index (χ3v) is 4.17. The molecule has 1 nitrogen and oxygen atoms in total. The van der Waals surface area contributed by atoms with Crippen LogP contribution in [-0.4, -0.2) is 6.61 Å². The molecule has 0 aliphatic heterocycles. The van der Waals surface area contributed by atoms with Gasteiger partial charge in [-0.1, -0.05) is 84.4 Å². The maximum Gasteiger partial charge on any atom is 0.119 e. The molecule has 0 fully saturated rings. The minimum absolute atomic E-state index is 0.658. The zero-order valence-corrected chi connectivity index (χ0v) is 14.3. The summed E-state index contributed by atoms with van der Waals surface area (Å²) in [5.74, 6) is 0.865. The molecule has 24 heavy (non-hydrogen) atoms. The number of benzene rings is 3. The van der Waals surface area contributed by atoms with Crippen molar-refractivity contribution in [2.75, 3.05) is 6.61 Å². The van der Waals surface area contributed by atoms with Gasteiger partial charge in [0.1, 0.15) is 5.75 Å². The molecule has 0 atom stereocenters. The number of ether oxygens (including phenoxy) is 1. The topological polar surface area (TPSA) is 9.23 Å². The Morgan fingerprint density at radius 1 is 0.708 bits per heavy atom. The van der Waals surface area contributed by atoms with Crippen LogP contribution in [0.25, 0.3) is 10.6 Å². The fourth-order valence-electron chi connectivity index (χ4n) is 2.64. The van der Waals surface area contributed by atoms with Crippen LogP contribution in [0.5, 0.6) is 5.75 Å². The summed E-state index contributed by atoms with van der Waals surface area (Å²) in [7, 11) is 0. The molecule has 0 amide bonds. The van der Waals surface area contributed by atoms with Gasteiger partial charge in [0.15, 0.2) is 0 Å². The van der Waals surface area contributed by atoms with E-state index >= 15 is 0 Å². The molecule has 0 unspecified atom stereocenters. The lowest BCUT2D eigenvalue weighted by molar-refractivity contribution is 0.340. The van der Waals surface area contributed by atoms with Gasteiger partial charge in [-0.25, -0.2) is 0 Å². The van der Waals surface area contributed by atoms with Crippen LogP contribution in [0, 0.1) is 0 Å². The Balaban J connectivity index is 2.13. The SMILES string of the molecule is CCOc1ccc(/C(=C(/Cl)c2ccccc2)c2ccccc2)cc1. The van der Waals surface area contributed by atoms with Crippen LogP contribution in [0.1, 0.15) is 23.6 Å². The van der Waals surface area contributed by atoms with E-state index in [9.17, 15) is 0 Å². The van der Waals surface area contributed by atoms with E-state index in [1.807, 2.05) is 67.6 Å². The van der Waals surface area contributed by atoms with Crippen molar-refractivity contribution in [3.63, 3.8) is 0 Å². The van der Waals surface area contributed by atoms with Gasteiger partial charge < -0.3 is 4.74 Å². The molecular formula is C22H19ClO. The monoisotopic (exact) mass is 334 g/mol. The number of hydrogen-bond acceptors (Lipinski definition) is 1. The number of hydrogen-bond donors (Lipinski definition) is 0. The molecule has 3 rings (SSSR count). The first-order chi connectivity index (χ1) is 11.8. The van der Waals surface area contributed by atoms with E-state index in [1.165, 1.54) is 0 Å². The van der Waals surface area contributed by atoms with E-state index in [0.717, 1.165) is 33.0 Å². The molecule has 0 saturated carbocycles. The van der Waals surface area contributed by atoms with Crippen LogP contribution in [-0.2, 0) is 0 Å². The molecule has 0 saturated heterocycles. The van der Waals surface area contributed by atoms with Crippen molar-refractivity contribution < 1.29 is 4.74 Å². The summed E-state index contributed by atoms with van der Waals surface area (Å²) in [6.45, 7) is 2.64. The van der Waals surface area contributed by atoms with E-state index in [0.29, 0.717) is 6.61 Å². The molecule has 120 valence electrons. The molecule has 0 bridgehead atoms. The van der Waals surface area contributed by atoms with Crippen molar-refractivity contribution in [2.24, 2.45) is 0 Å². The van der Waals surface area contributed by atoms with Crippen LogP contribution in [0.15, 0.2) is 84.9 Å². The highest BCUT2D eigenvalue weighted by Crippen LogP contribution is 2.35. The lowest BCUT2D eigenvalue weighted by Gasteiger charge is -2.13. The molecule has 0 aromatic heterocycles. The maximum atomic E-state index is 6.79. The summed E-state index contributed by atoms with van der Waals surface area (Å²) >= 11 is 6.79. The standard InChI is InChI=1S/C22H19ClO/c1-2-24-20-15-13-18(14-16-20)21(17-9-5-3-6-10-17)22(23)19-11-7-4-8-12-19/h3-16H,2H2,1H3/b22-21+. The van der Waals surface area contributed by atoms with Gasteiger partial charge in [0.2, 0.25) is 0 Å². The normalized spacial score (nSPS) is 11.8. The average molecular weight is 335 g/mol. The number of rotatable bonds is 5.